The van der Waals surface area contributed by atoms with Crippen molar-refractivity contribution in [1.29, 1.82) is 0 Å². The standard InChI is InChI=1S/C27H25ClN6O2/c1-16-8-13-22(17(2)14-16)30-26(35)24-18(3)29-27-31-32-33-34(27)25(24)21-6-4-5-7-23(21)36-15-19-9-11-20(28)12-10-19/h4-14,25H,15H2,1-3H3,(H,30,35)(H,29,31,33). The number of ether oxygens (including phenoxy) is 1. The van der Waals surface area contributed by atoms with Gasteiger partial charge in [0, 0.05) is 22.0 Å². The molecule has 0 radical (unpaired) electrons. The van der Waals surface area contributed by atoms with E-state index in [-0.39, 0.29) is 5.91 Å². The Morgan fingerprint density at radius 1 is 1.08 bits per heavy atom. The van der Waals surface area contributed by atoms with Crippen LogP contribution in [0, 0.1) is 13.8 Å². The van der Waals surface area contributed by atoms with Crippen molar-refractivity contribution in [3.05, 3.63) is 105 Å². The number of carbonyl (C=O) groups is 1. The third-order valence-corrected chi connectivity index (χ3v) is 6.36. The quantitative estimate of drug-likeness (QED) is 0.365. The van der Waals surface area contributed by atoms with Gasteiger partial charge in [0.05, 0.1) is 5.57 Å². The molecular weight excluding hydrogens is 476 g/mol. The van der Waals surface area contributed by atoms with Gasteiger partial charge in [0.25, 0.3) is 5.91 Å². The van der Waals surface area contributed by atoms with E-state index >= 15 is 0 Å². The molecule has 5 rings (SSSR count). The van der Waals surface area contributed by atoms with E-state index in [0.717, 1.165) is 27.9 Å². The van der Waals surface area contributed by atoms with Crippen molar-refractivity contribution in [3.8, 4) is 5.75 Å². The van der Waals surface area contributed by atoms with Crippen LogP contribution in [-0.2, 0) is 11.4 Å². The average Bonchev–Trinajstić information content (AvgIpc) is 3.33. The van der Waals surface area contributed by atoms with Crippen molar-refractivity contribution in [2.75, 3.05) is 10.6 Å². The molecule has 2 N–H and O–H groups in total. The predicted octanol–water partition coefficient (Wildman–Crippen LogP) is 5.45. The molecule has 1 unspecified atom stereocenters. The van der Waals surface area contributed by atoms with E-state index < -0.39 is 6.04 Å². The van der Waals surface area contributed by atoms with E-state index in [0.29, 0.717) is 34.6 Å². The van der Waals surface area contributed by atoms with Crippen LogP contribution < -0.4 is 15.4 Å². The van der Waals surface area contributed by atoms with Gasteiger partial charge in [-0.15, -0.1) is 0 Å². The number of benzene rings is 3. The van der Waals surface area contributed by atoms with Gasteiger partial charge in [0.1, 0.15) is 18.4 Å². The number of tetrazole rings is 1. The van der Waals surface area contributed by atoms with Gasteiger partial charge in [-0.3, -0.25) is 4.79 Å². The third-order valence-electron chi connectivity index (χ3n) is 6.11. The second kappa shape index (κ2) is 9.83. The number of carbonyl (C=O) groups excluding carboxylic acids is 1. The van der Waals surface area contributed by atoms with Crippen LogP contribution in [-0.4, -0.2) is 26.1 Å². The number of allylic oxidation sites excluding steroid dienone is 1. The molecule has 2 heterocycles. The van der Waals surface area contributed by atoms with Crippen LogP contribution in [0.1, 0.15) is 35.2 Å². The minimum Gasteiger partial charge on any atom is -0.489 e. The van der Waals surface area contributed by atoms with Crippen molar-refractivity contribution in [3.63, 3.8) is 0 Å². The maximum absolute atomic E-state index is 13.7. The summed E-state index contributed by atoms with van der Waals surface area (Å²) in [5.74, 6) is 0.837. The number of hydrogen-bond acceptors (Lipinski definition) is 6. The van der Waals surface area contributed by atoms with Crippen LogP contribution in [0.2, 0.25) is 5.02 Å². The lowest BCUT2D eigenvalue weighted by Gasteiger charge is -2.29. The topological polar surface area (TPSA) is 94.0 Å². The Balaban J connectivity index is 1.51. The first-order valence-corrected chi connectivity index (χ1v) is 11.9. The van der Waals surface area contributed by atoms with Gasteiger partial charge in [0.2, 0.25) is 5.95 Å². The molecule has 0 fully saturated rings. The molecule has 1 aliphatic rings. The molecule has 1 aliphatic heterocycles. The van der Waals surface area contributed by atoms with Gasteiger partial charge in [-0.05, 0) is 66.6 Å². The Bertz CT molecular complexity index is 1460. The molecule has 1 aromatic heterocycles. The monoisotopic (exact) mass is 500 g/mol. The fraction of sp³-hybridized carbons (Fsp3) is 0.185. The van der Waals surface area contributed by atoms with E-state index in [1.165, 1.54) is 0 Å². The molecule has 3 aromatic carbocycles. The third kappa shape index (κ3) is 4.67. The second-order valence-corrected chi connectivity index (χ2v) is 9.18. The molecule has 9 heteroatoms. The van der Waals surface area contributed by atoms with Crippen LogP contribution in [0.15, 0.2) is 78.0 Å². The van der Waals surface area contributed by atoms with E-state index in [4.69, 9.17) is 16.3 Å². The summed E-state index contributed by atoms with van der Waals surface area (Å²) < 4.78 is 7.83. The highest BCUT2D eigenvalue weighted by Crippen LogP contribution is 2.39. The molecule has 0 aliphatic carbocycles. The summed E-state index contributed by atoms with van der Waals surface area (Å²) in [5, 5.41) is 19.0. The first kappa shape index (κ1) is 23.6. The van der Waals surface area contributed by atoms with E-state index in [2.05, 4.69) is 26.2 Å². The van der Waals surface area contributed by atoms with Crippen LogP contribution in [0.4, 0.5) is 11.6 Å². The molecule has 182 valence electrons. The SMILES string of the molecule is CC1=C(C(=O)Nc2ccc(C)cc2C)C(c2ccccc2OCc2ccc(Cl)cc2)n2nnnc2N1. The Morgan fingerprint density at radius 2 is 1.86 bits per heavy atom. The summed E-state index contributed by atoms with van der Waals surface area (Å²) in [6, 6.07) is 20.4. The number of rotatable bonds is 6. The molecule has 8 nitrogen and oxygen atoms in total. The van der Waals surface area contributed by atoms with E-state index in [9.17, 15) is 4.79 Å². The Morgan fingerprint density at radius 3 is 2.64 bits per heavy atom. The number of anilines is 2. The number of aromatic nitrogens is 4. The van der Waals surface area contributed by atoms with Crippen molar-refractivity contribution in [1.82, 2.24) is 20.2 Å². The van der Waals surface area contributed by atoms with Crippen molar-refractivity contribution >= 4 is 29.1 Å². The molecule has 0 saturated heterocycles. The largest absolute Gasteiger partial charge is 0.489 e. The summed E-state index contributed by atoms with van der Waals surface area (Å²) in [7, 11) is 0. The van der Waals surface area contributed by atoms with Gasteiger partial charge in [-0.2, -0.15) is 4.68 Å². The lowest BCUT2D eigenvalue weighted by molar-refractivity contribution is -0.113. The summed E-state index contributed by atoms with van der Waals surface area (Å²) in [6.07, 6.45) is 0. The normalized spacial score (nSPS) is 14.7. The zero-order valence-electron chi connectivity index (χ0n) is 20.1. The number of halogens is 1. The maximum Gasteiger partial charge on any atom is 0.255 e. The molecule has 0 saturated carbocycles. The zero-order valence-corrected chi connectivity index (χ0v) is 20.9. The van der Waals surface area contributed by atoms with Crippen LogP contribution >= 0.6 is 11.6 Å². The van der Waals surface area contributed by atoms with Crippen LogP contribution in [0.25, 0.3) is 0 Å². The second-order valence-electron chi connectivity index (χ2n) is 8.74. The Kier molecular flexibility index (Phi) is 6.43. The average molecular weight is 501 g/mol. The Labute approximate surface area is 213 Å². The highest BCUT2D eigenvalue weighted by Gasteiger charge is 2.35. The van der Waals surface area contributed by atoms with Crippen LogP contribution in [0.5, 0.6) is 5.75 Å². The summed E-state index contributed by atoms with van der Waals surface area (Å²) >= 11 is 6.02. The number of amides is 1. The highest BCUT2D eigenvalue weighted by atomic mass is 35.5. The Hall–Kier alpha value is -4.17. The minimum absolute atomic E-state index is 0.245. The summed E-state index contributed by atoms with van der Waals surface area (Å²) in [5.41, 5.74) is 5.77. The van der Waals surface area contributed by atoms with Gasteiger partial charge < -0.3 is 15.4 Å². The molecular formula is C27H25ClN6O2. The molecule has 4 aromatic rings. The molecule has 0 spiro atoms. The van der Waals surface area contributed by atoms with Gasteiger partial charge in [0.15, 0.2) is 0 Å². The van der Waals surface area contributed by atoms with E-state index in [1.54, 1.807) is 4.68 Å². The first-order chi connectivity index (χ1) is 17.4. The molecule has 0 bridgehead atoms. The summed E-state index contributed by atoms with van der Waals surface area (Å²) in [6.45, 7) is 6.18. The number of nitrogens with one attached hydrogen (secondary N) is 2. The number of nitrogens with zero attached hydrogens (tertiary/aromatic N) is 4. The summed E-state index contributed by atoms with van der Waals surface area (Å²) in [4.78, 5) is 13.7. The van der Waals surface area contributed by atoms with Gasteiger partial charge >= 0.3 is 0 Å². The zero-order chi connectivity index (χ0) is 25.2. The van der Waals surface area contributed by atoms with Crippen molar-refractivity contribution < 1.29 is 9.53 Å². The molecule has 36 heavy (non-hydrogen) atoms. The van der Waals surface area contributed by atoms with Crippen molar-refractivity contribution in [2.45, 2.75) is 33.4 Å². The van der Waals surface area contributed by atoms with Crippen LogP contribution in [0.3, 0.4) is 0 Å². The number of fused-ring (bicyclic) bond motifs is 1. The lowest BCUT2D eigenvalue weighted by Crippen LogP contribution is -2.32. The molecule has 1 amide bonds. The van der Waals surface area contributed by atoms with Gasteiger partial charge in [-0.1, -0.05) is 64.7 Å². The van der Waals surface area contributed by atoms with Gasteiger partial charge in [-0.25, -0.2) is 0 Å². The highest BCUT2D eigenvalue weighted by molar-refractivity contribution is 6.30. The van der Waals surface area contributed by atoms with E-state index in [1.807, 2.05) is 87.5 Å². The minimum atomic E-state index is -0.594. The predicted molar refractivity (Wildman–Crippen MR) is 139 cm³/mol. The maximum atomic E-state index is 13.7. The van der Waals surface area contributed by atoms with Crippen molar-refractivity contribution in [2.24, 2.45) is 0 Å². The smallest absolute Gasteiger partial charge is 0.255 e. The lowest BCUT2D eigenvalue weighted by atomic mass is 9.94. The number of para-hydroxylation sites is 1. The fourth-order valence-corrected chi connectivity index (χ4v) is 4.44. The number of hydrogen-bond donors (Lipinski definition) is 2. The number of aryl methyl sites for hydroxylation is 2. The fourth-order valence-electron chi connectivity index (χ4n) is 4.32. The molecule has 1 atom stereocenters. The first-order valence-electron chi connectivity index (χ1n) is 11.5.